The molecule has 22 heavy (non-hydrogen) atoms. The van der Waals surface area contributed by atoms with Crippen molar-refractivity contribution in [2.24, 2.45) is 0 Å². The number of rotatable bonds is 4. The number of amides is 1. The van der Waals surface area contributed by atoms with Crippen LogP contribution in [0.4, 0.5) is 11.4 Å². The molecular weight excluding hydrogens is 308 g/mol. The van der Waals surface area contributed by atoms with Crippen LogP contribution in [0, 0.1) is 10.1 Å². The molecule has 8 heteroatoms. The van der Waals surface area contributed by atoms with Crippen LogP contribution in [0.15, 0.2) is 53.4 Å². The monoisotopic (exact) mass is 320 g/mol. The first kappa shape index (κ1) is 15.6. The number of nitrogens with zero attached hydrogens (tertiary/aromatic N) is 1. The molecule has 0 aliphatic rings. The predicted molar refractivity (Wildman–Crippen MR) is 80.6 cm³/mol. The van der Waals surface area contributed by atoms with Gasteiger partial charge in [0, 0.05) is 29.6 Å². The smallest absolute Gasteiger partial charge is 0.269 e. The summed E-state index contributed by atoms with van der Waals surface area (Å²) in [4.78, 5) is 22.1. The Morgan fingerprint density at radius 1 is 1.05 bits per heavy atom. The molecule has 0 aliphatic heterocycles. The molecule has 0 saturated carbocycles. The minimum atomic E-state index is -3.29. The number of benzene rings is 2. The summed E-state index contributed by atoms with van der Waals surface area (Å²) in [6.45, 7) is 0. The highest BCUT2D eigenvalue weighted by molar-refractivity contribution is 7.90. The molecule has 0 heterocycles. The third-order valence-electron chi connectivity index (χ3n) is 2.88. The molecule has 0 radical (unpaired) electrons. The fraction of sp³-hybridized carbons (Fsp3) is 0.0714. The number of hydrogen-bond acceptors (Lipinski definition) is 5. The van der Waals surface area contributed by atoms with Gasteiger partial charge in [-0.1, -0.05) is 0 Å². The Hall–Kier alpha value is -2.74. The van der Waals surface area contributed by atoms with Crippen molar-refractivity contribution in [3.8, 4) is 0 Å². The molecule has 0 unspecified atom stereocenters. The Bertz CT molecular complexity index is 811. The van der Waals surface area contributed by atoms with Crippen LogP contribution in [-0.2, 0) is 9.84 Å². The zero-order valence-corrected chi connectivity index (χ0v) is 12.3. The van der Waals surface area contributed by atoms with Crippen LogP contribution in [0.5, 0.6) is 0 Å². The van der Waals surface area contributed by atoms with Gasteiger partial charge in [0.1, 0.15) is 0 Å². The highest BCUT2D eigenvalue weighted by Crippen LogP contribution is 2.16. The van der Waals surface area contributed by atoms with E-state index in [-0.39, 0.29) is 16.1 Å². The largest absolute Gasteiger partial charge is 0.322 e. The normalized spacial score (nSPS) is 11.0. The maximum Gasteiger partial charge on any atom is 0.269 e. The molecular formula is C14H12N2O5S. The van der Waals surface area contributed by atoms with E-state index in [9.17, 15) is 23.3 Å². The van der Waals surface area contributed by atoms with Crippen LogP contribution < -0.4 is 5.32 Å². The Morgan fingerprint density at radius 3 is 2.05 bits per heavy atom. The molecule has 2 rings (SSSR count). The van der Waals surface area contributed by atoms with Gasteiger partial charge in [-0.2, -0.15) is 0 Å². The number of nitrogens with one attached hydrogen (secondary N) is 1. The summed E-state index contributed by atoms with van der Waals surface area (Å²) in [6, 6.07) is 10.9. The second kappa shape index (κ2) is 5.94. The van der Waals surface area contributed by atoms with E-state index in [2.05, 4.69) is 5.32 Å². The molecule has 114 valence electrons. The van der Waals surface area contributed by atoms with Crippen LogP contribution in [0.25, 0.3) is 0 Å². The Kier molecular flexibility index (Phi) is 4.22. The number of nitro groups is 1. The Morgan fingerprint density at radius 2 is 1.59 bits per heavy atom. The minimum Gasteiger partial charge on any atom is -0.322 e. The first-order valence-electron chi connectivity index (χ1n) is 6.13. The molecule has 2 aromatic carbocycles. The SMILES string of the molecule is CS(=O)(=O)c1ccc(NC(=O)c2ccc([N+](=O)[O-])cc2)cc1. The first-order valence-corrected chi connectivity index (χ1v) is 8.02. The van der Waals surface area contributed by atoms with Gasteiger partial charge in [0.25, 0.3) is 11.6 Å². The Labute approximate surface area is 126 Å². The topological polar surface area (TPSA) is 106 Å². The molecule has 0 fully saturated rings. The van der Waals surface area contributed by atoms with Gasteiger partial charge in [-0.15, -0.1) is 0 Å². The van der Waals surface area contributed by atoms with Crippen molar-refractivity contribution in [3.05, 3.63) is 64.2 Å². The molecule has 0 spiro atoms. The lowest BCUT2D eigenvalue weighted by Crippen LogP contribution is -2.11. The van der Waals surface area contributed by atoms with Crippen LogP contribution in [-0.4, -0.2) is 25.5 Å². The molecule has 2 aromatic rings. The first-order chi connectivity index (χ1) is 10.3. The molecule has 0 bridgehead atoms. The molecule has 0 aliphatic carbocycles. The summed E-state index contributed by atoms with van der Waals surface area (Å²) in [7, 11) is -3.29. The number of sulfone groups is 1. The number of non-ortho nitro benzene ring substituents is 1. The van der Waals surface area contributed by atoms with E-state index in [0.29, 0.717) is 5.69 Å². The quantitative estimate of drug-likeness (QED) is 0.687. The summed E-state index contributed by atoms with van der Waals surface area (Å²) >= 11 is 0. The molecule has 1 amide bonds. The summed E-state index contributed by atoms with van der Waals surface area (Å²) < 4.78 is 22.7. The average molecular weight is 320 g/mol. The van der Waals surface area contributed by atoms with Crippen LogP contribution >= 0.6 is 0 Å². The van der Waals surface area contributed by atoms with Gasteiger partial charge < -0.3 is 5.32 Å². The van der Waals surface area contributed by atoms with E-state index in [4.69, 9.17) is 0 Å². The van der Waals surface area contributed by atoms with Crippen molar-refractivity contribution in [2.45, 2.75) is 4.90 Å². The molecule has 0 saturated heterocycles. The highest BCUT2D eigenvalue weighted by Gasteiger charge is 2.11. The molecule has 1 N–H and O–H groups in total. The number of carbonyl (C=O) groups excluding carboxylic acids is 1. The number of hydrogen-bond donors (Lipinski definition) is 1. The van der Waals surface area contributed by atoms with Crippen LogP contribution in [0.3, 0.4) is 0 Å². The standard InChI is InChI=1S/C14H12N2O5S/c1-22(20,21)13-8-4-11(5-9-13)15-14(17)10-2-6-12(7-3-10)16(18)19/h2-9H,1H3,(H,15,17). The zero-order chi connectivity index (χ0) is 16.3. The van der Waals surface area contributed by atoms with Crippen molar-refractivity contribution in [1.82, 2.24) is 0 Å². The summed E-state index contributed by atoms with van der Waals surface area (Å²) in [5.74, 6) is -0.443. The van der Waals surface area contributed by atoms with Crippen LogP contribution in [0.1, 0.15) is 10.4 Å². The number of anilines is 1. The molecule has 7 nitrogen and oxygen atoms in total. The maximum absolute atomic E-state index is 12.0. The third kappa shape index (κ3) is 3.67. The van der Waals surface area contributed by atoms with Gasteiger partial charge in [0.15, 0.2) is 9.84 Å². The van der Waals surface area contributed by atoms with Gasteiger partial charge in [-0.05, 0) is 36.4 Å². The summed E-state index contributed by atoms with van der Waals surface area (Å²) in [6.07, 6.45) is 1.09. The van der Waals surface area contributed by atoms with E-state index >= 15 is 0 Å². The fourth-order valence-electron chi connectivity index (χ4n) is 1.72. The Balaban J connectivity index is 2.13. The van der Waals surface area contributed by atoms with E-state index in [1.165, 1.54) is 48.5 Å². The molecule has 0 aromatic heterocycles. The summed E-state index contributed by atoms with van der Waals surface area (Å²) in [5, 5.41) is 13.1. The number of carbonyl (C=O) groups is 1. The van der Waals surface area contributed by atoms with Gasteiger partial charge in [-0.3, -0.25) is 14.9 Å². The van der Waals surface area contributed by atoms with Gasteiger partial charge in [0.05, 0.1) is 9.82 Å². The van der Waals surface area contributed by atoms with Crippen LogP contribution in [0.2, 0.25) is 0 Å². The summed E-state index contributed by atoms with van der Waals surface area (Å²) in [5.41, 5.74) is 0.586. The lowest BCUT2D eigenvalue weighted by atomic mass is 10.2. The van der Waals surface area contributed by atoms with E-state index in [0.717, 1.165) is 6.26 Å². The van der Waals surface area contributed by atoms with Crippen molar-refractivity contribution in [3.63, 3.8) is 0 Å². The third-order valence-corrected chi connectivity index (χ3v) is 4.01. The predicted octanol–water partition coefficient (Wildman–Crippen LogP) is 2.25. The maximum atomic E-state index is 12.0. The zero-order valence-electron chi connectivity index (χ0n) is 11.5. The highest BCUT2D eigenvalue weighted by atomic mass is 32.2. The van der Waals surface area contributed by atoms with Gasteiger partial charge >= 0.3 is 0 Å². The van der Waals surface area contributed by atoms with E-state index < -0.39 is 20.7 Å². The average Bonchev–Trinajstić information content (AvgIpc) is 2.47. The van der Waals surface area contributed by atoms with Crippen molar-refractivity contribution in [2.75, 3.05) is 11.6 Å². The molecule has 0 atom stereocenters. The fourth-order valence-corrected chi connectivity index (χ4v) is 2.35. The van der Waals surface area contributed by atoms with Crippen molar-refractivity contribution in [1.29, 1.82) is 0 Å². The van der Waals surface area contributed by atoms with Gasteiger partial charge in [0.2, 0.25) is 0 Å². The van der Waals surface area contributed by atoms with E-state index in [1.54, 1.807) is 0 Å². The van der Waals surface area contributed by atoms with Crippen molar-refractivity contribution >= 4 is 27.1 Å². The van der Waals surface area contributed by atoms with E-state index in [1.807, 2.05) is 0 Å². The second-order valence-electron chi connectivity index (χ2n) is 4.55. The van der Waals surface area contributed by atoms with Gasteiger partial charge in [-0.25, -0.2) is 8.42 Å². The lowest BCUT2D eigenvalue weighted by Gasteiger charge is -2.06. The minimum absolute atomic E-state index is 0.103. The van der Waals surface area contributed by atoms with Crippen molar-refractivity contribution < 1.29 is 18.1 Å². The lowest BCUT2D eigenvalue weighted by molar-refractivity contribution is -0.384. The number of nitro benzene ring substituents is 1. The second-order valence-corrected chi connectivity index (χ2v) is 6.57.